The van der Waals surface area contributed by atoms with Gasteiger partial charge in [0, 0.05) is 11.1 Å². The van der Waals surface area contributed by atoms with Crippen molar-refractivity contribution < 1.29 is 9.84 Å². The summed E-state index contributed by atoms with van der Waals surface area (Å²) in [5.41, 5.74) is 7.61. The van der Waals surface area contributed by atoms with Crippen molar-refractivity contribution in [2.24, 2.45) is 0 Å². The molecular weight excluding hydrogens is 266 g/mol. The number of benzene rings is 1. The number of nitriles is 1. The lowest BCUT2D eigenvalue weighted by molar-refractivity contribution is 0.000757. The van der Waals surface area contributed by atoms with E-state index >= 15 is 0 Å². The van der Waals surface area contributed by atoms with Crippen molar-refractivity contribution in [2.45, 2.75) is 25.6 Å². The number of ether oxygens (including phenoxy) is 1. The Labute approximate surface area is 122 Å². The van der Waals surface area contributed by atoms with Crippen molar-refractivity contribution in [1.29, 1.82) is 5.26 Å². The highest BCUT2D eigenvalue weighted by Gasteiger charge is 2.41. The van der Waals surface area contributed by atoms with Crippen LogP contribution in [-0.4, -0.2) is 15.7 Å². The first-order chi connectivity index (χ1) is 9.94. The van der Waals surface area contributed by atoms with Gasteiger partial charge in [0.15, 0.2) is 5.69 Å². The molecule has 1 atom stereocenters. The molecule has 0 aliphatic carbocycles. The number of anilines is 1. The fourth-order valence-corrected chi connectivity index (χ4v) is 2.49. The molecule has 1 unspecified atom stereocenters. The van der Waals surface area contributed by atoms with Crippen LogP contribution in [0.15, 0.2) is 30.3 Å². The molecule has 1 aliphatic heterocycles. The number of fused-ring (bicyclic) bond motifs is 1. The number of aliphatic hydroxyl groups excluding tert-OH is 1. The first kappa shape index (κ1) is 13.4. The average Bonchev–Trinajstić information content (AvgIpc) is 2.70. The highest BCUT2D eigenvalue weighted by molar-refractivity contribution is 5.72. The molecule has 0 bridgehead atoms. The second-order valence-corrected chi connectivity index (χ2v) is 5.58. The van der Waals surface area contributed by atoms with Gasteiger partial charge in [-0.2, -0.15) is 5.26 Å². The maximum atomic E-state index is 10.3. The van der Waals surface area contributed by atoms with Crippen molar-refractivity contribution in [1.82, 2.24) is 4.98 Å². The van der Waals surface area contributed by atoms with E-state index in [1.807, 2.05) is 38.1 Å². The van der Waals surface area contributed by atoms with E-state index in [4.69, 9.17) is 15.7 Å². The molecule has 3 rings (SSSR count). The number of hydrogen-bond donors (Lipinski definition) is 2. The minimum absolute atomic E-state index is 0.183. The normalized spacial score (nSPS) is 18.7. The number of nitrogens with zero attached hydrogens (tertiary/aromatic N) is 2. The highest BCUT2D eigenvalue weighted by atomic mass is 16.5. The summed E-state index contributed by atoms with van der Waals surface area (Å²) in [6, 6.07) is 10.9. The van der Waals surface area contributed by atoms with Gasteiger partial charge >= 0.3 is 0 Å². The van der Waals surface area contributed by atoms with E-state index in [1.165, 1.54) is 0 Å². The third-order valence-corrected chi connectivity index (χ3v) is 3.67. The Morgan fingerprint density at radius 1 is 1.33 bits per heavy atom. The van der Waals surface area contributed by atoms with Crippen LogP contribution in [0.3, 0.4) is 0 Å². The fraction of sp³-hybridized carbons (Fsp3) is 0.250. The Hall–Kier alpha value is -2.58. The average molecular weight is 281 g/mol. The maximum absolute atomic E-state index is 10.3. The van der Waals surface area contributed by atoms with Crippen molar-refractivity contribution in [3.63, 3.8) is 0 Å². The summed E-state index contributed by atoms with van der Waals surface area (Å²) in [4.78, 5) is 4.26. The molecule has 21 heavy (non-hydrogen) atoms. The van der Waals surface area contributed by atoms with Crippen LogP contribution in [0.5, 0.6) is 5.75 Å². The van der Waals surface area contributed by atoms with E-state index in [1.54, 1.807) is 12.1 Å². The zero-order valence-electron chi connectivity index (χ0n) is 11.8. The van der Waals surface area contributed by atoms with Crippen LogP contribution in [0.25, 0.3) is 11.3 Å². The lowest BCUT2D eigenvalue weighted by atomic mass is 9.96. The van der Waals surface area contributed by atoms with E-state index < -0.39 is 11.7 Å². The van der Waals surface area contributed by atoms with Crippen LogP contribution in [0.1, 0.15) is 31.2 Å². The molecule has 0 fully saturated rings. The molecule has 0 amide bonds. The number of para-hydroxylation sites is 1. The van der Waals surface area contributed by atoms with Gasteiger partial charge in [-0.1, -0.05) is 12.1 Å². The smallest absolute Gasteiger partial charge is 0.164 e. The second-order valence-electron chi connectivity index (χ2n) is 5.58. The number of pyridine rings is 1. The summed E-state index contributed by atoms with van der Waals surface area (Å²) in [5, 5.41) is 19.4. The molecule has 1 aromatic carbocycles. The summed E-state index contributed by atoms with van der Waals surface area (Å²) >= 11 is 0. The molecule has 3 N–H and O–H groups in total. The molecule has 0 saturated heterocycles. The summed E-state index contributed by atoms with van der Waals surface area (Å²) < 4.78 is 5.89. The summed E-state index contributed by atoms with van der Waals surface area (Å²) in [5.74, 6) is 0.608. The number of hydrogen-bond acceptors (Lipinski definition) is 5. The molecule has 0 spiro atoms. The molecule has 5 heteroatoms. The Kier molecular flexibility index (Phi) is 2.85. The molecule has 1 aromatic heterocycles. The Bertz CT molecular complexity index is 763. The number of nitrogens with two attached hydrogens (primary N) is 1. The van der Waals surface area contributed by atoms with E-state index in [0.717, 1.165) is 11.1 Å². The van der Waals surface area contributed by atoms with Crippen LogP contribution in [0.2, 0.25) is 0 Å². The van der Waals surface area contributed by atoms with E-state index in [0.29, 0.717) is 17.1 Å². The highest BCUT2D eigenvalue weighted by Crippen LogP contribution is 2.47. The standard InChI is InChI=1S/C16H15N3O2/c1-16(2)15(20)10-5-3-4-9(14(10)21-16)12-7-6-11(18)13(8-17)19-12/h3-7,15,20H,18H2,1-2H3. The summed E-state index contributed by atoms with van der Waals surface area (Å²) in [6.07, 6.45) is -0.698. The van der Waals surface area contributed by atoms with Crippen LogP contribution in [-0.2, 0) is 0 Å². The summed E-state index contributed by atoms with van der Waals surface area (Å²) in [7, 11) is 0. The van der Waals surface area contributed by atoms with Gasteiger partial charge in [-0.3, -0.25) is 0 Å². The maximum Gasteiger partial charge on any atom is 0.164 e. The fourth-order valence-electron chi connectivity index (χ4n) is 2.49. The first-order valence-electron chi connectivity index (χ1n) is 6.61. The molecule has 0 radical (unpaired) electrons. The van der Waals surface area contributed by atoms with Crippen LogP contribution < -0.4 is 10.5 Å². The quantitative estimate of drug-likeness (QED) is 0.837. The molecule has 2 heterocycles. The van der Waals surface area contributed by atoms with Gasteiger partial charge in [0.2, 0.25) is 0 Å². The zero-order valence-corrected chi connectivity index (χ0v) is 11.8. The largest absolute Gasteiger partial charge is 0.484 e. The Morgan fingerprint density at radius 3 is 2.81 bits per heavy atom. The zero-order chi connectivity index (χ0) is 15.2. The van der Waals surface area contributed by atoms with Gasteiger partial charge in [-0.05, 0) is 32.0 Å². The molecule has 0 saturated carbocycles. The van der Waals surface area contributed by atoms with Gasteiger partial charge < -0.3 is 15.6 Å². The van der Waals surface area contributed by atoms with Gasteiger partial charge in [0.25, 0.3) is 0 Å². The minimum atomic E-state index is -0.698. The monoisotopic (exact) mass is 281 g/mol. The third kappa shape index (κ3) is 2.01. The minimum Gasteiger partial charge on any atom is -0.484 e. The number of aliphatic hydroxyl groups is 1. The lowest BCUT2D eigenvalue weighted by Gasteiger charge is -2.22. The lowest BCUT2D eigenvalue weighted by Crippen LogP contribution is -2.29. The van der Waals surface area contributed by atoms with Gasteiger partial charge in [0.1, 0.15) is 23.5 Å². The van der Waals surface area contributed by atoms with E-state index in [9.17, 15) is 5.11 Å². The molecule has 106 valence electrons. The van der Waals surface area contributed by atoms with E-state index in [2.05, 4.69) is 4.98 Å². The Balaban J connectivity index is 2.17. The van der Waals surface area contributed by atoms with Crippen molar-refractivity contribution in [2.75, 3.05) is 5.73 Å². The first-order valence-corrected chi connectivity index (χ1v) is 6.61. The SMILES string of the molecule is CC1(C)Oc2c(-c3ccc(N)c(C#N)n3)cccc2C1O. The van der Waals surface area contributed by atoms with Crippen LogP contribution >= 0.6 is 0 Å². The van der Waals surface area contributed by atoms with E-state index in [-0.39, 0.29) is 5.69 Å². The number of nitrogen functional groups attached to an aromatic ring is 1. The van der Waals surface area contributed by atoms with Gasteiger partial charge in [0.05, 0.1) is 11.4 Å². The second kappa shape index (κ2) is 4.47. The molecule has 2 aromatic rings. The molecule has 5 nitrogen and oxygen atoms in total. The molecular formula is C16H15N3O2. The topological polar surface area (TPSA) is 92.2 Å². The van der Waals surface area contributed by atoms with Gasteiger partial charge in [-0.15, -0.1) is 0 Å². The Morgan fingerprint density at radius 2 is 2.10 bits per heavy atom. The summed E-state index contributed by atoms with van der Waals surface area (Å²) in [6.45, 7) is 3.66. The van der Waals surface area contributed by atoms with Crippen molar-refractivity contribution in [3.05, 3.63) is 41.6 Å². The number of rotatable bonds is 1. The van der Waals surface area contributed by atoms with Crippen LogP contribution in [0.4, 0.5) is 5.69 Å². The van der Waals surface area contributed by atoms with Crippen molar-refractivity contribution in [3.8, 4) is 23.1 Å². The predicted octanol–water partition coefficient (Wildman–Crippen LogP) is 2.41. The van der Waals surface area contributed by atoms with Crippen LogP contribution in [0, 0.1) is 11.3 Å². The number of aromatic nitrogens is 1. The third-order valence-electron chi connectivity index (χ3n) is 3.67. The molecule has 1 aliphatic rings. The van der Waals surface area contributed by atoms with Crippen molar-refractivity contribution >= 4 is 5.69 Å². The predicted molar refractivity (Wildman–Crippen MR) is 78.5 cm³/mol. The van der Waals surface area contributed by atoms with Gasteiger partial charge in [-0.25, -0.2) is 4.98 Å².